The summed E-state index contributed by atoms with van der Waals surface area (Å²) in [6.45, 7) is 4.31. The van der Waals surface area contributed by atoms with E-state index in [0.717, 1.165) is 23.4 Å². The minimum absolute atomic E-state index is 0.0959. The van der Waals surface area contributed by atoms with Crippen LogP contribution in [0.5, 0.6) is 5.75 Å². The molecule has 29 heavy (non-hydrogen) atoms. The average Bonchev–Trinajstić information content (AvgIpc) is 3.21. The average molecular weight is 393 g/mol. The molecule has 2 aromatic carbocycles. The molecule has 0 aromatic heterocycles. The number of amides is 2. The highest BCUT2D eigenvalue weighted by Crippen LogP contribution is 2.48. The van der Waals surface area contributed by atoms with Gasteiger partial charge in [0.05, 0.1) is 13.0 Å². The minimum atomic E-state index is -1.04. The van der Waals surface area contributed by atoms with E-state index in [9.17, 15) is 9.59 Å². The van der Waals surface area contributed by atoms with Crippen LogP contribution in [0.25, 0.3) is 0 Å². The smallest absolute Gasteiger partial charge is 0.250 e. The van der Waals surface area contributed by atoms with E-state index >= 15 is 0 Å². The normalized spacial score (nSPS) is 25.2. The maximum atomic E-state index is 13.4. The summed E-state index contributed by atoms with van der Waals surface area (Å²) >= 11 is 0. The van der Waals surface area contributed by atoms with Gasteiger partial charge in [-0.3, -0.25) is 14.9 Å². The number of rotatable bonds is 5. The number of anilines is 2. The summed E-state index contributed by atoms with van der Waals surface area (Å²) < 4.78 is 5.18. The Hall–Kier alpha value is -2.86. The van der Waals surface area contributed by atoms with Gasteiger partial charge in [0.15, 0.2) is 0 Å². The Morgan fingerprint density at radius 2 is 1.93 bits per heavy atom. The molecule has 152 valence electrons. The zero-order chi connectivity index (χ0) is 20.6. The number of nitrogens with one attached hydrogen (secondary N) is 3. The molecule has 6 nitrogen and oxygen atoms in total. The standard InChI is InChI=1S/C23H27N3O3/c1-14(2)12-16-13-19(21(27)24-15-8-10-17(29-3)11-9-15)23(26-16)18-6-4-5-7-20(18)25-22(23)28/h4-11,14,16,19,26H,12-13H2,1-3H3,(H,24,27)(H,25,28)/t16-,19+,23+/m1/s1. The number of para-hydroxylation sites is 1. The first-order chi connectivity index (χ1) is 13.9. The van der Waals surface area contributed by atoms with Gasteiger partial charge in [-0.15, -0.1) is 0 Å². The molecule has 0 radical (unpaired) electrons. The first-order valence-corrected chi connectivity index (χ1v) is 10.1. The van der Waals surface area contributed by atoms with Gasteiger partial charge < -0.3 is 15.4 Å². The number of carbonyl (C=O) groups excluding carboxylic acids is 2. The molecule has 1 saturated heterocycles. The van der Waals surface area contributed by atoms with Crippen LogP contribution in [-0.4, -0.2) is 25.0 Å². The molecule has 0 aliphatic carbocycles. The predicted molar refractivity (Wildman–Crippen MR) is 113 cm³/mol. The molecule has 6 heteroatoms. The Morgan fingerprint density at radius 3 is 2.62 bits per heavy atom. The molecule has 4 rings (SSSR count). The quantitative estimate of drug-likeness (QED) is 0.726. The molecule has 2 aromatic rings. The fourth-order valence-electron chi connectivity index (χ4n) is 4.64. The van der Waals surface area contributed by atoms with E-state index in [4.69, 9.17) is 4.74 Å². The van der Waals surface area contributed by atoms with Crippen LogP contribution >= 0.6 is 0 Å². The molecule has 2 aliphatic heterocycles. The highest BCUT2D eigenvalue weighted by Gasteiger charge is 2.59. The van der Waals surface area contributed by atoms with Crippen LogP contribution in [0.3, 0.4) is 0 Å². The summed E-state index contributed by atoms with van der Waals surface area (Å²) in [6.07, 6.45) is 1.52. The molecule has 2 aliphatic rings. The van der Waals surface area contributed by atoms with E-state index < -0.39 is 11.5 Å². The third-order valence-electron chi connectivity index (χ3n) is 5.86. The molecule has 0 bridgehead atoms. The third kappa shape index (κ3) is 3.38. The van der Waals surface area contributed by atoms with E-state index in [-0.39, 0.29) is 17.9 Å². The molecule has 3 N–H and O–H groups in total. The summed E-state index contributed by atoms with van der Waals surface area (Å²) in [4.78, 5) is 26.5. The topological polar surface area (TPSA) is 79.5 Å². The molecule has 2 amide bonds. The Kier molecular flexibility index (Phi) is 5.04. The van der Waals surface area contributed by atoms with Crippen molar-refractivity contribution in [1.82, 2.24) is 5.32 Å². The monoisotopic (exact) mass is 393 g/mol. The fourth-order valence-corrected chi connectivity index (χ4v) is 4.64. The van der Waals surface area contributed by atoms with E-state index in [1.807, 2.05) is 24.3 Å². The molecule has 2 heterocycles. The molecule has 0 unspecified atom stereocenters. The Bertz CT molecular complexity index is 925. The molecule has 0 saturated carbocycles. The van der Waals surface area contributed by atoms with Crippen LogP contribution in [-0.2, 0) is 15.1 Å². The number of benzene rings is 2. The summed E-state index contributed by atoms with van der Waals surface area (Å²) in [6, 6.07) is 14.9. The molecule has 1 spiro atoms. The van der Waals surface area contributed by atoms with E-state index in [1.165, 1.54) is 0 Å². The van der Waals surface area contributed by atoms with Gasteiger partial charge in [-0.25, -0.2) is 0 Å². The molecule has 3 atom stereocenters. The first kappa shape index (κ1) is 19.5. The van der Waals surface area contributed by atoms with Gasteiger partial charge in [0, 0.05) is 23.0 Å². The largest absolute Gasteiger partial charge is 0.497 e. The van der Waals surface area contributed by atoms with Gasteiger partial charge in [-0.2, -0.15) is 0 Å². The van der Waals surface area contributed by atoms with Crippen molar-refractivity contribution in [3.8, 4) is 5.75 Å². The van der Waals surface area contributed by atoms with Crippen molar-refractivity contribution in [3.63, 3.8) is 0 Å². The second kappa shape index (κ2) is 7.52. The Morgan fingerprint density at radius 1 is 1.21 bits per heavy atom. The van der Waals surface area contributed by atoms with Crippen LogP contribution in [0.2, 0.25) is 0 Å². The van der Waals surface area contributed by atoms with Crippen molar-refractivity contribution in [3.05, 3.63) is 54.1 Å². The fraction of sp³-hybridized carbons (Fsp3) is 0.391. The lowest BCUT2D eigenvalue weighted by Gasteiger charge is -2.29. The number of methoxy groups -OCH3 is 1. The summed E-state index contributed by atoms with van der Waals surface area (Å²) in [5.41, 5.74) is 1.28. The van der Waals surface area contributed by atoms with E-state index in [0.29, 0.717) is 18.0 Å². The number of fused-ring (bicyclic) bond motifs is 2. The van der Waals surface area contributed by atoms with Crippen molar-refractivity contribution < 1.29 is 14.3 Å². The lowest BCUT2D eigenvalue weighted by Crippen LogP contribution is -2.52. The van der Waals surface area contributed by atoms with Gasteiger partial charge in [0.25, 0.3) is 0 Å². The van der Waals surface area contributed by atoms with Gasteiger partial charge >= 0.3 is 0 Å². The maximum Gasteiger partial charge on any atom is 0.250 e. The van der Waals surface area contributed by atoms with Crippen molar-refractivity contribution in [2.24, 2.45) is 11.8 Å². The molecular weight excluding hydrogens is 366 g/mol. The van der Waals surface area contributed by atoms with E-state index in [1.54, 1.807) is 31.4 Å². The van der Waals surface area contributed by atoms with Gasteiger partial charge in [0.1, 0.15) is 11.3 Å². The third-order valence-corrected chi connectivity index (χ3v) is 5.86. The van der Waals surface area contributed by atoms with Crippen molar-refractivity contribution in [2.75, 3.05) is 17.7 Å². The van der Waals surface area contributed by atoms with Crippen LogP contribution in [0.15, 0.2) is 48.5 Å². The first-order valence-electron chi connectivity index (χ1n) is 10.1. The number of ether oxygens (including phenoxy) is 1. The van der Waals surface area contributed by atoms with Crippen LogP contribution in [0.1, 0.15) is 32.3 Å². The SMILES string of the molecule is COc1ccc(NC(=O)[C@@H]2C[C@@H](CC(C)C)N[C@]23C(=O)Nc2ccccc23)cc1. The van der Waals surface area contributed by atoms with Crippen LogP contribution < -0.4 is 20.7 Å². The second-order valence-corrected chi connectivity index (χ2v) is 8.28. The van der Waals surface area contributed by atoms with Gasteiger partial charge in [0.2, 0.25) is 11.8 Å². The lowest BCUT2D eigenvalue weighted by atomic mass is 9.79. The number of carbonyl (C=O) groups is 2. The Balaban J connectivity index is 1.67. The predicted octanol–water partition coefficient (Wildman–Crippen LogP) is 3.51. The van der Waals surface area contributed by atoms with Crippen molar-refractivity contribution in [2.45, 2.75) is 38.3 Å². The molecule has 1 fully saturated rings. The molecular formula is C23H27N3O3. The Labute approximate surface area is 171 Å². The zero-order valence-electron chi connectivity index (χ0n) is 17.0. The highest BCUT2D eigenvalue weighted by molar-refractivity contribution is 6.10. The van der Waals surface area contributed by atoms with Crippen molar-refractivity contribution in [1.29, 1.82) is 0 Å². The summed E-state index contributed by atoms with van der Waals surface area (Å²) in [5.74, 6) is 0.383. The second-order valence-electron chi connectivity index (χ2n) is 8.28. The number of hydrogen-bond donors (Lipinski definition) is 3. The maximum absolute atomic E-state index is 13.4. The lowest BCUT2D eigenvalue weighted by molar-refractivity contribution is -0.130. The van der Waals surface area contributed by atoms with Crippen LogP contribution in [0.4, 0.5) is 11.4 Å². The highest BCUT2D eigenvalue weighted by atomic mass is 16.5. The van der Waals surface area contributed by atoms with Crippen LogP contribution in [0, 0.1) is 11.8 Å². The van der Waals surface area contributed by atoms with E-state index in [2.05, 4.69) is 29.8 Å². The summed E-state index contributed by atoms with van der Waals surface area (Å²) in [7, 11) is 1.60. The van der Waals surface area contributed by atoms with Gasteiger partial charge in [-0.05, 0) is 49.1 Å². The van der Waals surface area contributed by atoms with Gasteiger partial charge in [-0.1, -0.05) is 32.0 Å². The van der Waals surface area contributed by atoms with Crippen molar-refractivity contribution >= 4 is 23.2 Å². The minimum Gasteiger partial charge on any atom is -0.497 e. The zero-order valence-corrected chi connectivity index (χ0v) is 17.0. The number of hydrogen-bond acceptors (Lipinski definition) is 4. The summed E-state index contributed by atoms with van der Waals surface area (Å²) in [5, 5.41) is 9.51.